The van der Waals surface area contributed by atoms with Crippen LogP contribution in [0.2, 0.25) is 0 Å². The van der Waals surface area contributed by atoms with E-state index in [1.807, 2.05) is 0 Å². The van der Waals surface area contributed by atoms with Gasteiger partial charge >= 0.3 is 89.8 Å². The van der Waals surface area contributed by atoms with Gasteiger partial charge in [-0.1, -0.05) is 0 Å². The van der Waals surface area contributed by atoms with Crippen LogP contribution < -0.4 is 17.2 Å². The molecule has 0 spiro atoms. The van der Waals surface area contributed by atoms with Gasteiger partial charge in [-0.05, 0) is 0 Å². The first kappa shape index (κ1) is 8.51. The molecule has 0 aliphatic carbocycles. The summed E-state index contributed by atoms with van der Waals surface area (Å²) in [5.74, 6) is 0. The van der Waals surface area contributed by atoms with Crippen molar-refractivity contribution in [3.05, 3.63) is 31.4 Å². The van der Waals surface area contributed by atoms with Crippen molar-refractivity contribution in [2.75, 3.05) is 0 Å². The van der Waals surface area contributed by atoms with Gasteiger partial charge in [0.1, 0.15) is 0 Å². The van der Waals surface area contributed by atoms with Crippen LogP contribution in [0, 0.1) is 7.14 Å². The van der Waals surface area contributed by atoms with Crippen LogP contribution in [0.3, 0.4) is 0 Å². The second-order valence-corrected chi connectivity index (χ2v) is 6.95. The Labute approximate surface area is 88.4 Å². The molecule has 0 saturated carbocycles. The molecule has 1 rings (SSSR count). The van der Waals surface area contributed by atoms with Crippen molar-refractivity contribution in [2.24, 2.45) is 0 Å². The Bertz CT molecular complexity index is 197. The van der Waals surface area contributed by atoms with E-state index in [0.717, 1.165) is 0 Å². The van der Waals surface area contributed by atoms with Crippen LogP contribution in [0.1, 0.15) is 0 Å². The van der Waals surface area contributed by atoms with E-state index in [-0.39, 0.29) is 17.2 Å². The molecule has 0 aliphatic heterocycles. The molecule has 0 heterocycles. The monoisotopic (exact) mass is 457 g/mol. The van der Waals surface area contributed by atoms with E-state index in [9.17, 15) is 0 Å². The van der Waals surface area contributed by atoms with E-state index in [2.05, 4.69) is 65.5 Å². The van der Waals surface area contributed by atoms with Crippen LogP contribution in [-0.2, 0) is 0 Å². The van der Waals surface area contributed by atoms with E-state index in [4.69, 9.17) is 0 Å². The van der Waals surface area contributed by atoms with Gasteiger partial charge in [0.05, 0.1) is 0 Å². The molecule has 0 atom stereocenters. The maximum atomic E-state index is 2.48. The predicted molar refractivity (Wildman–Crippen MR) is 51.9 cm³/mol. The molecule has 0 bridgehead atoms. The Balaban J connectivity index is 3.01. The fourth-order valence-corrected chi connectivity index (χ4v) is 7.29. The summed E-state index contributed by atoms with van der Waals surface area (Å²) in [5.41, 5.74) is 0. The predicted octanol–water partition coefficient (Wildman–Crippen LogP) is -0.100. The van der Waals surface area contributed by atoms with E-state index in [1.54, 1.807) is 0 Å². The first-order valence-corrected chi connectivity index (χ1v) is 10.8. The van der Waals surface area contributed by atoms with E-state index in [0.29, 0.717) is 0 Å². The molecule has 0 aliphatic rings. The van der Waals surface area contributed by atoms with Crippen molar-refractivity contribution in [2.45, 2.75) is 0 Å². The summed E-state index contributed by atoms with van der Waals surface area (Å²) < 4.78 is 2.95. The summed E-state index contributed by atoms with van der Waals surface area (Å²) in [5, 5.41) is 0. The van der Waals surface area contributed by atoms with Crippen molar-refractivity contribution in [1.82, 2.24) is 0 Å². The van der Waals surface area contributed by atoms with Crippen molar-refractivity contribution >= 4 is 41.2 Å². The number of rotatable bonds is 1. The molecule has 1 aromatic carbocycles. The minimum absolute atomic E-state index is 0.250. The fourth-order valence-electron chi connectivity index (χ4n) is 0.497. The molecule has 0 nitrogen and oxygen atoms in total. The average molecular weight is 457 g/mol. The molecule has 0 unspecified atom stereocenters. The molecule has 50 valence electrons. The molecule has 1 aromatic rings. The second kappa shape index (κ2) is 4.32. The molecule has 0 saturated heterocycles. The minimum atomic E-state index is 0.250. The van der Waals surface area contributed by atoms with Crippen molar-refractivity contribution in [3.8, 4) is 0 Å². The van der Waals surface area contributed by atoms with Crippen LogP contribution in [0.5, 0.6) is 0 Å². The molecular weight excluding hydrogens is 453 g/mol. The summed E-state index contributed by atoms with van der Waals surface area (Å²) in [7, 11) is 0. The normalized spacial score (nSPS) is 10.0. The summed E-state index contributed by atoms with van der Waals surface area (Å²) in [4.78, 5) is 0. The third kappa shape index (κ3) is 2.49. The molecule has 9 heavy (non-hydrogen) atoms. The Hall–Kier alpha value is 1.41. The van der Waals surface area contributed by atoms with Gasteiger partial charge in [0.15, 0.2) is 0 Å². The number of hydrogen-bond donors (Lipinski definition) is 0. The Morgan fingerprint density at radius 3 is 2.33 bits per heavy atom. The van der Waals surface area contributed by atoms with Crippen LogP contribution in [0.25, 0.3) is 0 Å². The van der Waals surface area contributed by atoms with Crippen molar-refractivity contribution in [1.29, 1.82) is 0 Å². The Morgan fingerprint density at radius 2 is 1.89 bits per heavy atom. The molecule has 0 N–H and O–H groups in total. The standard InChI is InChI=1S/C6H4I3/c7-5-3-1-2-4-6(5)9-8/h1-4H/q-1. The van der Waals surface area contributed by atoms with E-state index >= 15 is 0 Å². The molecule has 3 heteroatoms. The van der Waals surface area contributed by atoms with Gasteiger partial charge in [0.25, 0.3) is 0 Å². The fraction of sp³-hybridized carbons (Fsp3) is 0. The SMILES string of the molecule is I[I-]c1ccccc1I. The van der Waals surface area contributed by atoms with Gasteiger partial charge in [-0.15, -0.1) is 0 Å². The number of benzene rings is 1. The summed E-state index contributed by atoms with van der Waals surface area (Å²) in [6.07, 6.45) is 0. The van der Waals surface area contributed by atoms with Crippen LogP contribution >= 0.6 is 41.2 Å². The first-order valence-electron chi connectivity index (χ1n) is 2.35. The van der Waals surface area contributed by atoms with Crippen molar-refractivity contribution in [3.63, 3.8) is 0 Å². The zero-order chi connectivity index (χ0) is 6.69. The molecule has 0 fully saturated rings. The molecule has 0 aromatic heterocycles. The summed E-state index contributed by atoms with van der Waals surface area (Å²) in [6, 6.07) is 8.56. The molecular formula is C6H4I3-. The second-order valence-electron chi connectivity index (χ2n) is 1.49. The topological polar surface area (TPSA) is 0 Å². The zero-order valence-electron chi connectivity index (χ0n) is 4.44. The maximum absolute atomic E-state index is 2.48. The quantitative estimate of drug-likeness (QED) is 0.518. The van der Waals surface area contributed by atoms with Gasteiger partial charge in [0.2, 0.25) is 0 Å². The third-order valence-electron chi connectivity index (χ3n) is 0.901. The van der Waals surface area contributed by atoms with Crippen LogP contribution in [-0.4, -0.2) is 0 Å². The summed E-state index contributed by atoms with van der Waals surface area (Å²) in [6.45, 7) is 0. The van der Waals surface area contributed by atoms with Gasteiger partial charge in [-0.3, -0.25) is 0 Å². The number of halogens is 3. The average Bonchev–Trinajstić information content (AvgIpc) is 1.89. The van der Waals surface area contributed by atoms with Gasteiger partial charge in [-0.25, -0.2) is 0 Å². The Kier molecular flexibility index (Phi) is 4.08. The third-order valence-corrected chi connectivity index (χ3v) is 7.20. The van der Waals surface area contributed by atoms with E-state index in [1.165, 1.54) is 7.14 Å². The summed E-state index contributed by atoms with van der Waals surface area (Å²) >= 11 is 5.12. The molecule has 0 amide bonds. The van der Waals surface area contributed by atoms with Crippen LogP contribution in [0.4, 0.5) is 0 Å². The molecule has 0 radical (unpaired) electrons. The van der Waals surface area contributed by atoms with Crippen LogP contribution in [0.15, 0.2) is 24.3 Å². The van der Waals surface area contributed by atoms with Crippen molar-refractivity contribution < 1.29 is 17.2 Å². The first-order chi connectivity index (χ1) is 4.34. The van der Waals surface area contributed by atoms with Gasteiger partial charge in [0, 0.05) is 0 Å². The van der Waals surface area contributed by atoms with Gasteiger partial charge < -0.3 is 0 Å². The number of hydrogen-bond acceptors (Lipinski definition) is 0. The van der Waals surface area contributed by atoms with E-state index < -0.39 is 0 Å². The Morgan fingerprint density at radius 1 is 1.22 bits per heavy atom. The zero-order valence-corrected chi connectivity index (χ0v) is 10.9. The van der Waals surface area contributed by atoms with Gasteiger partial charge in [-0.2, -0.15) is 0 Å².